The van der Waals surface area contributed by atoms with Gasteiger partial charge in [0, 0.05) is 19.0 Å². The maximum Gasteiger partial charge on any atom is 0.238 e. The fourth-order valence-corrected chi connectivity index (χ4v) is 1.98. The lowest BCUT2D eigenvalue weighted by molar-refractivity contribution is -0.121. The number of benzene rings is 1. The van der Waals surface area contributed by atoms with Crippen molar-refractivity contribution in [2.45, 2.75) is 30.8 Å². The van der Waals surface area contributed by atoms with Crippen LogP contribution in [0, 0.1) is 0 Å². The summed E-state index contributed by atoms with van der Waals surface area (Å²) in [5.74, 6) is -0.175. The largest absolute Gasteiger partial charge is 0.352 e. The fraction of sp³-hybridized carbons (Fsp3) is 0.364. The average molecular weight is 271 g/mol. The van der Waals surface area contributed by atoms with E-state index >= 15 is 0 Å². The van der Waals surface area contributed by atoms with Crippen molar-refractivity contribution in [3.05, 3.63) is 29.8 Å². The van der Waals surface area contributed by atoms with Gasteiger partial charge >= 0.3 is 0 Å². The van der Waals surface area contributed by atoms with E-state index < -0.39 is 10.0 Å². The Kier molecular flexibility index (Phi) is 4.83. The van der Waals surface area contributed by atoms with Crippen molar-refractivity contribution in [3.8, 4) is 0 Å². The molecule has 0 spiro atoms. The first-order valence-electron chi connectivity index (χ1n) is 5.43. The molecule has 0 heterocycles. The Hall–Kier alpha value is -1.44. The third kappa shape index (κ3) is 4.82. The van der Waals surface area contributed by atoms with Gasteiger partial charge in [0.25, 0.3) is 0 Å². The Balaban J connectivity index is 2.67. The number of carbonyl (C=O) groups excluding carboxylic acids is 1. The van der Waals surface area contributed by atoms with Gasteiger partial charge in [-0.05, 0) is 24.6 Å². The molecule has 0 saturated heterocycles. The van der Waals surface area contributed by atoms with Crippen LogP contribution in [0.3, 0.4) is 0 Å². The Morgan fingerprint density at radius 1 is 1.44 bits per heavy atom. The normalized spacial score (nSPS) is 13.1. The Bertz CT molecular complexity index is 526. The monoisotopic (exact) mass is 271 g/mol. The molecule has 1 atom stereocenters. The van der Waals surface area contributed by atoms with Crippen LogP contribution in [-0.2, 0) is 21.4 Å². The number of rotatable bonds is 5. The van der Waals surface area contributed by atoms with Crippen molar-refractivity contribution in [2.75, 3.05) is 0 Å². The summed E-state index contributed by atoms with van der Waals surface area (Å²) in [6.45, 7) is 1.98. The molecule has 1 rings (SSSR count). The smallest absolute Gasteiger partial charge is 0.238 e. The second-order valence-electron chi connectivity index (χ2n) is 4.15. The number of sulfonamides is 1. The molecule has 0 aromatic heterocycles. The molecule has 0 aliphatic rings. The summed E-state index contributed by atoms with van der Waals surface area (Å²) in [5, 5.41) is 7.67. The molecule has 1 unspecified atom stereocenters. The fourth-order valence-electron chi connectivity index (χ4n) is 1.40. The maximum atomic E-state index is 11.4. The number of hydrogen-bond donors (Lipinski definition) is 3. The Morgan fingerprint density at radius 2 is 2.11 bits per heavy atom. The minimum absolute atomic E-state index is 0.0291. The molecule has 18 heavy (non-hydrogen) atoms. The third-order valence-electron chi connectivity index (χ3n) is 2.22. The molecule has 5 N–H and O–H groups in total. The first-order chi connectivity index (χ1) is 8.29. The van der Waals surface area contributed by atoms with Gasteiger partial charge in [-0.1, -0.05) is 12.1 Å². The lowest BCUT2D eigenvalue weighted by atomic mass is 10.2. The molecule has 1 aromatic carbocycles. The quantitative estimate of drug-likeness (QED) is 0.681. The summed E-state index contributed by atoms with van der Waals surface area (Å²) in [5.41, 5.74) is 6.15. The number of amides is 1. The summed E-state index contributed by atoms with van der Waals surface area (Å²) in [7, 11) is -3.72. The molecule has 100 valence electrons. The second kappa shape index (κ2) is 5.94. The molecular formula is C11H17N3O3S. The van der Waals surface area contributed by atoms with Crippen molar-refractivity contribution in [2.24, 2.45) is 10.9 Å². The van der Waals surface area contributed by atoms with Crippen LogP contribution in [-0.4, -0.2) is 20.4 Å². The molecule has 0 aliphatic heterocycles. The van der Waals surface area contributed by atoms with Gasteiger partial charge in [-0.15, -0.1) is 0 Å². The van der Waals surface area contributed by atoms with Crippen LogP contribution < -0.4 is 16.2 Å². The van der Waals surface area contributed by atoms with Crippen LogP contribution in [0.1, 0.15) is 18.9 Å². The predicted molar refractivity (Wildman–Crippen MR) is 67.9 cm³/mol. The van der Waals surface area contributed by atoms with E-state index in [1.54, 1.807) is 19.1 Å². The van der Waals surface area contributed by atoms with Crippen molar-refractivity contribution in [1.29, 1.82) is 0 Å². The zero-order valence-corrected chi connectivity index (χ0v) is 10.9. The maximum absolute atomic E-state index is 11.4. The molecule has 1 amide bonds. The van der Waals surface area contributed by atoms with Crippen molar-refractivity contribution < 1.29 is 13.2 Å². The van der Waals surface area contributed by atoms with Crippen LogP contribution in [0.5, 0.6) is 0 Å². The SMILES string of the molecule is CC(N)CC(=O)NCc1cccc(S(N)(=O)=O)c1. The lowest BCUT2D eigenvalue weighted by Crippen LogP contribution is -2.29. The van der Waals surface area contributed by atoms with Gasteiger partial charge in [0.2, 0.25) is 15.9 Å². The highest BCUT2D eigenvalue weighted by Gasteiger charge is 2.09. The van der Waals surface area contributed by atoms with Crippen molar-refractivity contribution in [3.63, 3.8) is 0 Å². The molecule has 0 radical (unpaired) electrons. The van der Waals surface area contributed by atoms with Crippen molar-refractivity contribution >= 4 is 15.9 Å². The van der Waals surface area contributed by atoms with E-state index in [9.17, 15) is 13.2 Å². The molecule has 0 fully saturated rings. The van der Waals surface area contributed by atoms with E-state index in [0.29, 0.717) is 5.56 Å². The van der Waals surface area contributed by atoms with Gasteiger partial charge < -0.3 is 11.1 Å². The van der Waals surface area contributed by atoms with E-state index in [4.69, 9.17) is 10.9 Å². The number of nitrogens with one attached hydrogen (secondary N) is 1. The van der Waals surface area contributed by atoms with Crippen LogP contribution in [0.4, 0.5) is 0 Å². The third-order valence-corrected chi connectivity index (χ3v) is 3.14. The number of hydrogen-bond acceptors (Lipinski definition) is 4. The number of primary sulfonamides is 1. The summed E-state index contributed by atoms with van der Waals surface area (Å²) in [4.78, 5) is 11.4. The molecule has 0 aliphatic carbocycles. The highest BCUT2D eigenvalue weighted by molar-refractivity contribution is 7.89. The van der Waals surface area contributed by atoms with E-state index in [1.807, 2.05) is 0 Å². The van der Waals surface area contributed by atoms with E-state index in [0.717, 1.165) is 0 Å². The summed E-state index contributed by atoms with van der Waals surface area (Å²) >= 11 is 0. The van der Waals surface area contributed by atoms with E-state index in [1.165, 1.54) is 12.1 Å². The first kappa shape index (κ1) is 14.6. The molecule has 0 saturated carbocycles. The van der Waals surface area contributed by atoms with Gasteiger partial charge in [-0.2, -0.15) is 0 Å². The second-order valence-corrected chi connectivity index (χ2v) is 5.71. The van der Waals surface area contributed by atoms with E-state index in [2.05, 4.69) is 5.32 Å². The summed E-state index contributed by atoms with van der Waals surface area (Å²) in [6, 6.07) is 5.92. The molecule has 7 heteroatoms. The highest BCUT2D eigenvalue weighted by Crippen LogP contribution is 2.09. The highest BCUT2D eigenvalue weighted by atomic mass is 32.2. The first-order valence-corrected chi connectivity index (χ1v) is 6.97. The molecular weight excluding hydrogens is 254 g/mol. The topological polar surface area (TPSA) is 115 Å². The van der Waals surface area contributed by atoms with Crippen LogP contribution in [0.25, 0.3) is 0 Å². The van der Waals surface area contributed by atoms with Crippen LogP contribution >= 0.6 is 0 Å². The zero-order chi connectivity index (χ0) is 13.8. The van der Waals surface area contributed by atoms with Gasteiger partial charge in [0.05, 0.1) is 4.90 Å². The van der Waals surface area contributed by atoms with Gasteiger partial charge in [0.15, 0.2) is 0 Å². The van der Waals surface area contributed by atoms with Gasteiger partial charge in [-0.3, -0.25) is 4.79 Å². The Labute approximate surface area is 106 Å². The minimum atomic E-state index is -3.72. The zero-order valence-electron chi connectivity index (χ0n) is 10.1. The van der Waals surface area contributed by atoms with Crippen molar-refractivity contribution in [1.82, 2.24) is 5.32 Å². The number of nitrogens with two attached hydrogens (primary N) is 2. The molecule has 0 bridgehead atoms. The predicted octanol–water partition coefficient (Wildman–Crippen LogP) is -0.312. The molecule has 6 nitrogen and oxygen atoms in total. The number of carbonyl (C=O) groups is 1. The standard InChI is InChI=1S/C11H17N3O3S/c1-8(12)5-11(15)14-7-9-3-2-4-10(6-9)18(13,16)17/h2-4,6,8H,5,7,12H2,1H3,(H,14,15)(H2,13,16,17). The van der Waals surface area contributed by atoms with Crippen LogP contribution in [0.2, 0.25) is 0 Å². The van der Waals surface area contributed by atoms with Gasteiger partial charge in [0.1, 0.15) is 0 Å². The lowest BCUT2D eigenvalue weighted by Gasteiger charge is -2.08. The molecule has 1 aromatic rings. The summed E-state index contributed by atoms with van der Waals surface area (Å²) < 4.78 is 22.3. The minimum Gasteiger partial charge on any atom is -0.352 e. The van der Waals surface area contributed by atoms with Gasteiger partial charge in [-0.25, -0.2) is 13.6 Å². The summed E-state index contributed by atoms with van der Waals surface area (Å²) in [6.07, 6.45) is 0.231. The average Bonchev–Trinajstić information content (AvgIpc) is 2.25. The Morgan fingerprint density at radius 3 is 2.67 bits per heavy atom. The van der Waals surface area contributed by atoms with Crippen LogP contribution in [0.15, 0.2) is 29.2 Å². The van der Waals surface area contributed by atoms with E-state index in [-0.39, 0.29) is 29.8 Å².